The highest BCUT2D eigenvalue weighted by Gasteiger charge is 2.14. The van der Waals surface area contributed by atoms with Crippen LogP contribution < -0.4 is 10.2 Å². The summed E-state index contributed by atoms with van der Waals surface area (Å²) < 4.78 is 3.82. The van der Waals surface area contributed by atoms with Gasteiger partial charge in [-0.1, -0.05) is 0 Å². The van der Waals surface area contributed by atoms with Gasteiger partial charge in [0, 0.05) is 40.3 Å². The molecule has 0 aromatic carbocycles. The molecule has 0 atom stereocenters. The second kappa shape index (κ2) is 5.40. The molecular formula is C12H21N7. The lowest BCUT2D eigenvalue weighted by molar-refractivity contribution is 0.635. The maximum absolute atomic E-state index is 4.47. The van der Waals surface area contributed by atoms with Crippen molar-refractivity contribution in [3.63, 3.8) is 0 Å². The van der Waals surface area contributed by atoms with Crippen LogP contribution in [0.25, 0.3) is 0 Å². The quantitative estimate of drug-likeness (QED) is 0.835. The first-order valence-electron chi connectivity index (χ1n) is 6.24. The second-order valence-electron chi connectivity index (χ2n) is 4.87. The van der Waals surface area contributed by atoms with Gasteiger partial charge in [-0.15, -0.1) is 10.2 Å². The second-order valence-corrected chi connectivity index (χ2v) is 4.87. The molecule has 19 heavy (non-hydrogen) atoms. The fraction of sp³-hybridized carbons (Fsp3) is 0.583. The van der Waals surface area contributed by atoms with Crippen LogP contribution in [0, 0.1) is 6.92 Å². The van der Waals surface area contributed by atoms with E-state index < -0.39 is 0 Å². The molecule has 7 nitrogen and oxygen atoms in total. The van der Waals surface area contributed by atoms with Gasteiger partial charge in [0.15, 0.2) is 0 Å². The summed E-state index contributed by atoms with van der Waals surface area (Å²) in [5.41, 5.74) is 2.27. The number of aryl methyl sites for hydroxylation is 3. The maximum Gasteiger partial charge on any atom is 0.146 e. The van der Waals surface area contributed by atoms with Crippen LogP contribution >= 0.6 is 0 Å². The van der Waals surface area contributed by atoms with Crippen LogP contribution in [-0.2, 0) is 27.2 Å². The first kappa shape index (κ1) is 13.5. The molecule has 0 bridgehead atoms. The van der Waals surface area contributed by atoms with Crippen LogP contribution in [0.4, 0.5) is 5.82 Å². The number of nitrogens with one attached hydrogen (secondary N) is 1. The van der Waals surface area contributed by atoms with E-state index in [1.165, 1.54) is 5.56 Å². The van der Waals surface area contributed by atoms with Crippen molar-refractivity contribution in [3.05, 3.63) is 23.4 Å². The third kappa shape index (κ3) is 2.76. The van der Waals surface area contributed by atoms with Crippen LogP contribution in [0.3, 0.4) is 0 Å². The molecule has 1 N–H and O–H groups in total. The van der Waals surface area contributed by atoms with Crippen LogP contribution in [0.5, 0.6) is 0 Å². The van der Waals surface area contributed by atoms with Crippen LogP contribution in [-0.4, -0.2) is 38.6 Å². The van der Waals surface area contributed by atoms with Gasteiger partial charge < -0.3 is 14.8 Å². The summed E-state index contributed by atoms with van der Waals surface area (Å²) in [4.78, 5) is 2.08. The van der Waals surface area contributed by atoms with Crippen molar-refractivity contribution in [2.45, 2.75) is 20.0 Å². The molecule has 104 valence electrons. The fourth-order valence-electron chi connectivity index (χ4n) is 2.22. The molecule has 0 aliphatic rings. The Morgan fingerprint density at radius 2 is 2.00 bits per heavy atom. The minimum absolute atomic E-state index is 0.692. The Bertz CT molecular complexity index is 552. The van der Waals surface area contributed by atoms with E-state index in [0.29, 0.717) is 6.54 Å². The Labute approximate surface area is 113 Å². The molecule has 7 heteroatoms. The molecule has 0 amide bonds. The van der Waals surface area contributed by atoms with Crippen molar-refractivity contribution in [1.29, 1.82) is 0 Å². The lowest BCUT2D eigenvalue weighted by atomic mass is 10.2. The van der Waals surface area contributed by atoms with Gasteiger partial charge in [0.05, 0.1) is 12.2 Å². The lowest BCUT2D eigenvalue weighted by Gasteiger charge is -2.15. The molecule has 2 rings (SSSR count). The minimum atomic E-state index is 0.692. The topological polar surface area (TPSA) is 63.8 Å². The van der Waals surface area contributed by atoms with Gasteiger partial charge in [0.1, 0.15) is 18.0 Å². The average Bonchev–Trinajstić information content (AvgIpc) is 2.84. The van der Waals surface area contributed by atoms with E-state index in [2.05, 4.69) is 25.5 Å². The van der Waals surface area contributed by atoms with Gasteiger partial charge in [-0.2, -0.15) is 5.10 Å². The minimum Gasteiger partial charge on any atom is -0.363 e. The predicted molar refractivity (Wildman–Crippen MR) is 73.8 cm³/mol. The van der Waals surface area contributed by atoms with Gasteiger partial charge in [-0.25, -0.2) is 0 Å². The number of aromatic nitrogens is 5. The van der Waals surface area contributed by atoms with E-state index in [1.807, 2.05) is 44.4 Å². The van der Waals surface area contributed by atoms with Gasteiger partial charge in [0.2, 0.25) is 0 Å². The SMILES string of the molecule is Cc1nn(C)c(N(C)C)c1CNCc1nncn1C. The Kier molecular flexibility index (Phi) is 3.84. The van der Waals surface area contributed by atoms with E-state index in [9.17, 15) is 0 Å². The predicted octanol–water partition coefficient (Wildman–Crippen LogP) is 0.213. The van der Waals surface area contributed by atoms with Crippen molar-refractivity contribution in [2.75, 3.05) is 19.0 Å². The summed E-state index contributed by atoms with van der Waals surface area (Å²) >= 11 is 0. The molecule has 2 aromatic heterocycles. The molecule has 0 aliphatic heterocycles. The van der Waals surface area contributed by atoms with E-state index in [0.717, 1.165) is 23.9 Å². The monoisotopic (exact) mass is 263 g/mol. The van der Waals surface area contributed by atoms with Crippen LogP contribution in [0.15, 0.2) is 6.33 Å². The van der Waals surface area contributed by atoms with Crippen molar-refractivity contribution in [3.8, 4) is 0 Å². The number of hydrogen-bond acceptors (Lipinski definition) is 5. The van der Waals surface area contributed by atoms with Gasteiger partial charge >= 0.3 is 0 Å². The molecule has 0 unspecified atom stereocenters. The zero-order valence-electron chi connectivity index (χ0n) is 12.2. The molecule has 0 spiro atoms. The fourth-order valence-corrected chi connectivity index (χ4v) is 2.22. The van der Waals surface area contributed by atoms with Crippen molar-refractivity contribution < 1.29 is 0 Å². The molecule has 0 saturated carbocycles. The zero-order chi connectivity index (χ0) is 14.0. The summed E-state index contributed by atoms with van der Waals surface area (Å²) in [5.74, 6) is 2.05. The highest BCUT2D eigenvalue weighted by molar-refractivity contribution is 5.48. The number of anilines is 1. The summed E-state index contributed by atoms with van der Waals surface area (Å²) in [6.07, 6.45) is 1.71. The summed E-state index contributed by atoms with van der Waals surface area (Å²) in [6.45, 7) is 3.49. The Morgan fingerprint density at radius 1 is 1.26 bits per heavy atom. The first-order valence-corrected chi connectivity index (χ1v) is 6.24. The standard InChI is InChI=1S/C12H21N7/c1-9-10(12(17(2)3)19(5)16-9)6-13-7-11-15-14-8-18(11)4/h8,13H,6-7H2,1-5H3. The molecule has 2 heterocycles. The van der Waals surface area contributed by atoms with Gasteiger partial charge in [-0.05, 0) is 6.92 Å². The third-order valence-electron chi connectivity index (χ3n) is 3.13. The highest BCUT2D eigenvalue weighted by Crippen LogP contribution is 2.20. The van der Waals surface area contributed by atoms with Crippen LogP contribution in [0.2, 0.25) is 0 Å². The Morgan fingerprint density at radius 3 is 2.58 bits per heavy atom. The van der Waals surface area contributed by atoms with Gasteiger partial charge in [0.25, 0.3) is 0 Å². The Balaban J connectivity index is 2.05. The smallest absolute Gasteiger partial charge is 0.146 e. The van der Waals surface area contributed by atoms with Crippen LogP contribution in [0.1, 0.15) is 17.1 Å². The first-order chi connectivity index (χ1) is 9.00. The number of rotatable bonds is 5. The van der Waals surface area contributed by atoms with E-state index in [-0.39, 0.29) is 0 Å². The largest absolute Gasteiger partial charge is 0.363 e. The Hall–Kier alpha value is -1.89. The molecule has 0 aliphatic carbocycles. The zero-order valence-corrected chi connectivity index (χ0v) is 12.2. The van der Waals surface area contributed by atoms with Crippen molar-refractivity contribution in [1.82, 2.24) is 29.9 Å². The molecule has 2 aromatic rings. The normalized spacial score (nSPS) is 11.0. The van der Waals surface area contributed by atoms with Crippen molar-refractivity contribution >= 4 is 5.82 Å². The third-order valence-corrected chi connectivity index (χ3v) is 3.13. The maximum atomic E-state index is 4.47. The lowest BCUT2D eigenvalue weighted by Crippen LogP contribution is -2.20. The number of hydrogen-bond donors (Lipinski definition) is 1. The molecule has 0 fully saturated rings. The summed E-state index contributed by atoms with van der Waals surface area (Å²) in [6, 6.07) is 0. The van der Waals surface area contributed by atoms with Crippen molar-refractivity contribution in [2.24, 2.45) is 14.1 Å². The summed E-state index contributed by atoms with van der Waals surface area (Å²) in [7, 11) is 7.97. The van der Waals surface area contributed by atoms with Gasteiger partial charge in [-0.3, -0.25) is 4.68 Å². The highest BCUT2D eigenvalue weighted by atomic mass is 15.4. The van der Waals surface area contributed by atoms with E-state index in [4.69, 9.17) is 0 Å². The van der Waals surface area contributed by atoms with E-state index in [1.54, 1.807) is 6.33 Å². The molecule has 0 radical (unpaired) electrons. The van der Waals surface area contributed by atoms with E-state index >= 15 is 0 Å². The summed E-state index contributed by atoms with van der Waals surface area (Å²) in [5, 5.41) is 15.8. The number of nitrogens with zero attached hydrogens (tertiary/aromatic N) is 6. The molecular weight excluding hydrogens is 242 g/mol. The molecule has 0 saturated heterocycles. The average molecular weight is 263 g/mol.